The lowest BCUT2D eigenvalue weighted by atomic mass is 10.3. The molecule has 0 bridgehead atoms. The van der Waals surface area contributed by atoms with Crippen molar-refractivity contribution in [3.05, 3.63) is 0 Å². The Bertz CT molecular complexity index is 83.6. The van der Waals surface area contributed by atoms with E-state index in [9.17, 15) is 0 Å². The van der Waals surface area contributed by atoms with E-state index in [1.165, 1.54) is 25.0 Å². The number of thioether (sulfide) groups is 1. The first kappa shape index (κ1) is 11.3. The largest absolute Gasteiger partial charge is 0.392 e. The van der Waals surface area contributed by atoms with Gasteiger partial charge in [0.25, 0.3) is 0 Å². The summed E-state index contributed by atoms with van der Waals surface area (Å²) in [4.78, 5) is 0. The molecule has 68 valence electrons. The molecule has 0 saturated heterocycles. The Hall–Kier alpha value is 0.310. The summed E-state index contributed by atoms with van der Waals surface area (Å²) >= 11 is 1.87. The zero-order chi connectivity index (χ0) is 8.69. The second-order valence-corrected chi connectivity index (χ2v) is 4.51. The van der Waals surface area contributed by atoms with Crippen LogP contribution in [0.25, 0.3) is 0 Å². The molecule has 1 nitrogen and oxygen atoms in total. The monoisotopic (exact) mass is 176 g/mol. The third-order valence-corrected chi connectivity index (χ3v) is 3.25. The zero-order valence-electron chi connectivity index (χ0n) is 7.84. The van der Waals surface area contributed by atoms with Crippen molar-refractivity contribution in [3.8, 4) is 0 Å². The molecule has 0 rings (SSSR count). The average Bonchev–Trinajstić information content (AvgIpc) is 1.97. The van der Waals surface area contributed by atoms with E-state index in [1.54, 1.807) is 0 Å². The highest BCUT2D eigenvalue weighted by Crippen LogP contribution is 2.15. The number of aliphatic hydroxyl groups is 1. The minimum Gasteiger partial charge on any atom is -0.392 e. The van der Waals surface area contributed by atoms with Crippen LogP contribution < -0.4 is 0 Å². The van der Waals surface area contributed by atoms with Crippen molar-refractivity contribution in [1.29, 1.82) is 0 Å². The molecule has 0 spiro atoms. The van der Waals surface area contributed by atoms with Crippen molar-refractivity contribution >= 4 is 11.8 Å². The van der Waals surface area contributed by atoms with Crippen LogP contribution in [-0.2, 0) is 0 Å². The van der Waals surface area contributed by atoms with Gasteiger partial charge in [-0.1, -0.05) is 26.7 Å². The molecule has 0 aliphatic rings. The van der Waals surface area contributed by atoms with Crippen LogP contribution in [0.5, 0.6) is 0 Å². The van der Waals surface area contributed by atoms with E-state index in [-0.39, 0.29) is 6.10 Å². The minimum atomic E-state index is -0.165. The quantitative estimate of drug-likeness (QED) is 0.628. The first-order valence-electron chi connectivity index (χ1n) is 4.48. The maximum Gasteiger partial charge on any atom is 0.0627 e. The fraction of sp³-hybridized carbons (Fsp3) is 1.00. The summed E-state index contributed by atoms with van der Waals surface area (Å²) in [6.07, 6.45) is 3.73. The average molecular weight is 176 g/mol. The summed E-state index contributed by atoms with van der Waals surface area (Å²) in [6, 6.07) is 0. The molecule has 0 radical (unpaired) electrons. The molecule has 0 saturated carbocycles. The van der Waals surface area contributed by atoms with Gasteiger partial charge >= 0.3 is 0 Å². The molecular formula is C9H20OS. The SMILES string of the molecule is CCCCCSC(C)C(C)O. The molecule has 1 N–H and O–H groups in total. The van der Waals surface area contributed by atoms with Crippen LogP contribution in [0.15, 0.2) is 0 Å². The van der Waals surface area contributed by atoms with Gasteiger partial charge in [-0.2, -0.15) is 11.8 Å². The second kappa shape index (κ2) is 6.99. The molecule has 11 heavy (non-hydrogen) atoms. The molecule has 2 unspecified atom stereocenters. The van der Waals surface area contributed by atoms with Crippen LogP contribution in [0.1, 0.15) is 40.0 Å². The molecule has 0 fully saturated rings. The van der Waals surface area contributed by atoms with Gasteiger partial charge in [0, 0.05) is 5.25 Å². The topological polar surface area (TPSA) is 20.2 Å². The van der Waals surface area contributed by atoms with Crippen molar-refractivity contribution in [2.75, 3.05) is 5.75 Å². The Balaban J connectivity index is 3.10. The van der Waals surface area contributed by atoms with Crippen LogP contribution in [0.2, 0.25) is 0 Å². The van der Waals surface area contributed by atoms with Crippen LogP contribution in [0, 0.1) is 0 Å². The van der Waals surface area contributed by atoms with Gasteiger partial charge in [-0.15, -0.1) is 0 Å². The summed E-state index contributed by atoms with van der Waals surface area (Å²) in [5.74, 6) is 1.19. The van der Waals surface area contributed by atoms with Crippen molar-refractivity contribution in [2.45, 2.75) is 51.4 Å². The molecule has 0 aromatic heterocycles. The van der Waals surface area contributed by atoms with Gasteiger partial charge < -0.3 is 5.11 Å². The first-order chi connectivity index (χ1) is 5.18. The van der Waals surface area contributed by atoms with Gasteiger partial charge in [0.1, 0.15) is 0 Å². The third-order valence-electron chi connectivity index (χ3n) is 1.81. The molecule has 0 amide bonds. The maximum atomic E-state index is 9.16. The van der Waals surface area contributed by atoms with Gasteiger partial charge in [-0.05, 0) is 19.1 Å². The molecule has 0 aromatic carbocycles. The normalized spacial score (nSPS) is 16.4. The van der Waals surface area contributed by atoms with E-state index >= 15 is 0 Å². The van der Waals surface area contributed by atoms with E-state index in [0.29, 0.717) is 5.25 Å². The predicted octanol–water partition coefficient (Wildman–Crippen LogP) is 2.68. The summed E-state index contributed by atoms with van der Waals surface area (Å²) in [6.45, 7) is 6.15. The number of unbranched alkanes of at least 4 members (excludes halogenated alkanes) is 2. The van der Waals surface area contributed by atoms with E-state index < -0.39 is 0 Å². The highest BCUT2D eigenvalue weighted by Gasteiger charge is 2.07. The van der Waals surface area contributed by atoms with E-state index in [4.69, 9.17) is 5.11 Å². The van der Waals surface area contributed by atoms with Crippen molar-refractivity contribution < 1.29 is 5.11 Å². The Morgan fingerprint density at radius 3 is 2.36 bits per heavy atom. The van der Waals surface area contributed by atoms with Gasteiger partial charge in [-0.3, -0.25) is 0 Å². The van der Waals surface area contributed by atoms with Crippen LogP contribution in [0.4, 0.5) is 0 Å². The van der Waals surface area contributed by atoms with Crippen LogP contribution >= 0.6 is 11.8 Å². The molecule has 2 heteroatoms. The molecule has 0 heterocycles. The number of rotatable bonds is 6. The Morgan fingerprint density at radius 2 is 1.91 bits per heavy atom. The van der Waals surface area contributed by atoms with E-state index in [1.807, 2.05) is 18.7 Å². The third kappa shape index (κ3) is 6.70. The lowest BCUT2D eigenvalue weighted by Gasteiger charge is -2.13. The highest BCUT2D eigenvalue weighted by molar-refractivity contribution is 7.99. The van der Waals surface area contributed by atoms with Gasteiger partial charge in [0.15, 0.2) is 0 Å². The minimum absolute atomic E-state index is 0.165. The smallest absolute Gasteiger partial charge is 0.0627 e. The number of aliphatic hydroxyl groups excluding tert-OH is 1. The summed E-state index contributed by atoms with van der Waals surface area (Å²) in [5, 5.41) is 9.55. The molecule has 2 atom stereocenters. The van der Waals surface area contributed by atoms with Crippen LogP contribution in [-0.4, -0.2) is 22.2 Å². The summed E-state index contributed by atoms with van der Waals surface area (Å²) < 4.78 is 0. The van der Waals surface area contributed by atoms with Gasteiger partial charge in [0.2, 0.25) is 0 Å². The lowest BCUT2D eigenvalue weighted by Crippen LogP contribution is -2.15. The van der Waals surface area contributed by atoms with Crippen molar-refractivity contribution in [2.24, 2.45) is 0 Å². The predicted molar refractivity (Wildman–Crippen MR) is 53.1 cm³/mol. The van der Waals surface area contributed by atoms with Gasteiger partial charge in [-0.25, -0.2) is 0 Å². The maximum absolute atomic E-state index is 9.16. The summed E-state index contributed by atoms with van der Waals surface area (Å²) in [7, 11) is 0. The first-order valence-corrected chi connectivity index (χ1v) is 5.53. The van der Waals surface area contributed by atoms with E-state index in [0.717, 1.165) is 0 Å². The Morgan fingerprint density at radius 1 is 1.27 bits per heavy atom. The fourth-order valence-corrected chi connectivity index (χ4v) is 1.78. The Kier molecular flexibility index (Phi) is 7.18. The second-order valence-electron chi connectivity index (χ2n) is 3.02. The van der Waals surface area contributed by atoms with Crippen molar-refractivity contribution in [1.82, 2.24) is 0 Å². The van der Waals surface area contributed by atoms with Gasteiger partial charge in [0.05, 0.1) is 6.10 Å². The zero-order valence-corrected chi connectivity index (χ0v) is 8.66. The standard InChI is InChI=1S/C9H20OS/c1-4-5-6-7-11-9(3)8(2)10/h8-10H,4-7H2,1-3H3. The van der Waals surface area contributed by atoms with Crippen molar-refractivity contribution in [3.63, 3.8) is 0 Å². The summed E-state index contributed by atoms with van der Waals surface area (Å²) in [5.41, 5.74) is 0. The Labute approximate surface area is 74.6 Å². The highest BCUT2D eigenvalue weighted by atomic mass is 32.2. The molecule has 0 aliphatic carbocycles. The number of hydrogen-bond donors (Lipinski definition) is 1. The van der Waals surface area contributed by atoms with Crippen LogP contribution in [0.3, 0.4) is 0 Å². The molecule has 0 aliphatic heterocycles. The van der Waals surface area contributed by atoms with E-state index in [2.05, 4.69) is 13.8 Å². The number of hydrogen-bond acceptors (Lipinski definition) is 2. The lowest BCUT2D eigenvalue weighted by molar-refractivity contribution is 0.196. The molecular weight excluding hydrogens is 156 g/mol. The molecule has 0 aromatic rings. The fourth-order valence-electron chi connectivity index (χ4n) is 0.761.